The topological polar surface area (TPSA) is 0 Å². The highest BCUT2D eigenvalue weighted by molar-refractivity contribution is 5.46. The molecule has 0 aliphatic carbocycles. The molecule has 0 fully saturated rings. The number of hydrogen-bond acceptors (Lipinski definition) is 0. The van der Waals surface area contributed by atoms with Gasteiger partial charge in [-0.25, -0.2) is 0 Å². The van der Waals surface area contributed by atoms with Crippen molar-refractivity contribution in [1.29, 1.82) is 0 Å². The van der Waals surface area contributed by atoms with Gasteiger partial charge >= 0.3 is 0 Å². The van der Waals surface area contributed by atoms with Crippen LogP contribution in [0.15, 0.2) is 135 Å². The fourth-order valence-electron chi connectivity index (χ4n) is 1.56. The second-order valence-corrected chi connectivity index (χ2v) is 5.43. The molecule has 27 heavy (non-hydrogen) atoms. The minimum Gasteiger partial charge on any atom is -0.0988 e. The van der Waals surface area contributed by atoms with Crippen molar-refractivity contribution < 1.29 is 0 Å². The fraction of sp³-hybridized carbons (Fsp3) is 0.0370. The van der Waals surface area contributed by atoms with Crippen LogP contribution in [-0.4, -0.2) is 0 Å². The Morgan fingerprint density at radius 1 is 0.556 bits per heavy atom. The fourth-order valence-corrected chi connectivity index (χ4v) is 1.56. The molecule has 0 saturated carbocycles. The molecular formula is C27H30. The Bertz CT molecular complexity index is 668. The van der Waals surface area contributed by atoms with Crippen LogP contribution >= 0.6 is 0 Å². The zero-order valence-electron chi connectivity index (χ0n) is 16.3. The van der Waals surface area contributed by atoms with Crippen LogP contribution in [0.3, 0.4) is 0 Å². The average Bonchev–Trinajstić information content (AvgIpc) is 2.77. The van der Waals surface area contributed by atoms with Gasteiger partial charge in [0.2, 0.25) is 0 Å². The highest BCUT2D eigenvalue weighted by atomic mass is 13.8. The molecule has 0 heteroatoms. The highest BCUT2D eigenvalue weighted by Gasteiger charge is 1.76. The van der Waals surface area contributed by atoms with Crippen molar-refractivity contribution in [2.75, 3.05) is 0 Å². The van der Waals surface area contributed by atoms with Gasteiger partial charge in [-0.15, -0.1) is 0 Å². The first-order chi connectivity index (χ1) is 13.1. The van der Waals surface area contributed by atoms with E-state index in [0.29, 0.717) is 0 Å². The van der Waals surface area contributed by atoms with Crippen LogP contribution in [0.25, 0.3) is 12.2 Å². The number of rotatable bonds is 3. The normalized spacial score (nSPS) is 8.04. The predicted molar refractivity (Wildman–Crippen MR) is 125 cm³/mol. The largest absolute Gasteiger partial charge is 0.0988 e. The van der Waals surface area contributed by atoms with Gasteiger partial charge in [-0.1, -0.05) is 147 Å². The van der Waals surface area contributed by atoms with Gasteiger partial charge in [0.15, 0.2) is 0 Å². The lowest BCUT2D eigenvalue weighted by molar-refractivity contribution is 1.58. The first-order valence-electron chi connectivity index (χ1n) is 8.77. The molecule has 0 radical (unpaired) electrons. The van der Waals surface area contributed by atoms with E-state index in [1.807, 2.05) is 116 Å². The van der Waals surface area contributed by atoms with Gasteiger partial charge in [-0.05, 0) is 18.1 Å². The third-order valence-corrected chi connectivity index (χ3v) is 3.09. The number of hydrogen-bond donors (Lipinski definition) is 0. The molecule has 0 amide bonds. The van der Waals surface area contributed by atoms with E-state index in [9.17, 15) is 0 Å². The molecular weight excluding hydrogens is 324 g/mol. The molecule has 3 aromatic rings. The molecule has 0 spiro atoms. The first-order valence-corrected chi connectivity index (χ1v) is 8.77. The summed E-state index contributed by atoms with van der Waals surface area (Å²) in [6.07, 6.45) is 5.39. The summed E-state index contributed by atoms with van der Waals surface area (Å²) in [6.45, 7) is 16.2. The molecule has 0 bridgehead atoms. The molecule has 3 aromatic carbocycles. The predicted octanol–water partition coefficient (Wildman–Crippen LogP) is 8.09. The molecule has 0 N–H and O–H groups in total. The van der Waals surface area contributed by atoms with Gasteiger partial charge in [-0.2, -0.15) is 0 Å². The van der Waals surface area contributed by atoms with Gasteiger partial charge in [0.05, 0.1) is 0 Å². The van der Waals surface area contributed by atoms with Crippen LogP contribution in [0.4, 0.5) is 0 Å². The summed E-state index contributed by atoms with van der Waals surface area (Å²) in [5, 5.41) is 0. The van der Waals surface area contributed by atoms with Gasteiger partial charge < -0.3 is 0 Å². The lowest BCUT2D eigenvalue weighted by atomic mass is 10.2. The van der Waals surface area contributed by atoms with Crippen molar-refractivity contribution in [3.63, 3.8) is 0 Å². The Labute approximate surface area is 165 Å². The maximum Gasteiger partial charge on any atom is -0.0263 e. The zero-order chi connectivity index (χ0) is 20.2. The third-order valence-electron chi connectivity index (χ3n) is 3.09. The molecule has 0 saturated heterocycles. The van der Waals surface area contributed by atoms with Crippen LogP contribution in [-0.2, 0) is 0 Å². The van der Waals surface area contributed by atoms with Crippen molar-refractivity contribution in [3.05, 3.63) is 146 Å². The van der Waals surface area contributed by atoms with Crippen molar-refractivity contribution in [3.8, 4) is 0 Å². The lowest BCUT2D eigenvalue weighted by Gasteiger charge is -1.85. The molecule has 0 aliphatic rings. The SMILES string of the molecule is C=CC(=C)C.C=Cc1ccccc1.C=Cc1ccccc1.c1ccccc1. The second kappa shape index (κ2) is 17.4. The lowest BCUT2D eigenvalue weighted by Crippen LogP contribution is -1.63. The maximum absolute atomic E-state index is 3.63. The van der Waals surface area contributed by atoms with Gasteiger partial charge in [0, 0.05) is 0 Å². The van der Waals surface area contributed by atoms with Crippen LogP contribution in [0.2, 0.25) is 0 Å². The summed E-state index contributed by atoms with van der Waals surface area (Å²) in [6, 6.07) is 32.1. The van der Waals surface area contributed by atoms with Gasteiger partial charge in [0.25, 0.3) is 0 Å². The van der Waals surface area contributed by atoms with E-state index < -0.39 is 0 Å². The van der Waals surface area contributed by atoms with Crippen LogP contribution < -0.4 is 0 Å². The summed E-state index contributed by atoms with van der Waals surface area (Å²) in [5.41, 5.74) is 3.37. The third kappa shape index (κ3) is 15.9. The smallest absolute Gasteiger partial charge is 0.0263 e. The Balaban J connectivity index is 0.000000341. The zero-order valence-corrected chi connectivity index (χ0v) is 16.3. The first kappa shape index (κ1) is 23.6. The molecule has 0 nitrogen and oxygen atoms in total. The van der Waals surface area contributed by atoms with Crippen LogP contribution in [0.1, 0.15) is 18.1 Å². The van der Waals surface area contributed by atoms with Crippen molar-refractivity contribution in [2.24, 2.45) is 0 Å². The Hall–Kier alpha value is -3.38. The summed E-state index contributed by atoms with van der Waals surface area (Å²) in [4.78, 5) is 0. The van der Waals surface area contributed by atoms with E-state index in [4.69, 9.17) is 0 Å². The Kier molecular flexibility index (Phi) is 15.3. The van der Waals surface area contributed by atoms with E-state index >= 15 is 0 Å². The summed E-state index contributed by atoms with van der Waals surface area (Å²) in [5.74, 6) is 0. The second-order valence-electron chi connectivity index (χ2n) is 5.43. The Morgan fingerprint density at radius 2 is 0.778 bits per heavy atom. The van der Waals surface area contributed by atoms with Crippen molar-refractivity contribution in [2.45, 2.75) is 6.92 Å². The summed E-state index contributed by atoms with van der Waals surface area (Å²) < 4.78 is 0. The van der Waals surface area contributed by atoms with Crippen LogP contribution in [0, 0.1) is 0 Å². The minimum atomic E-state index is 1.02. The van der Waals surface area contributed by atoms with E-state index in [0.717, 1.165) is 5.57 Å². The van der Waals surface area contributed by atoms with Gasteiger partial charge in [-0.3, -0.25) is 0 Å². The maximum atomic E-state index is 3.63. The quantitative estimate of drug-likeness (QED) is 0.417. The van der Waals surface area contributed by atoms with E-state index in [1.54, 1.807) is 6.08 Å². The molecule has 0 unspecified atom stereocenters. The molecule has 0 heterocycles. The standard InChI is InChI=1S/2C8H8.C6H6.C5H8/c2*1-2-8-6-4-3-5-7-8;1-2-4-6-5-3-1;1-4-5(2)3/h2*2-7H,1H2;1-6H;4H,1-2H2,3H3. The molecule has 138 valence electrons. The molecule has 0 aliphatic heterocycles. The monoisotopic (exact) mass is 354 g/mol. The Morgan fingerprint density at radius 3 is 0.926 bits per heavy atom. The van der Waals surface area contributed by atoms with Gasteiger partial charge in [0.1, 0.15) is 0 Å². The average molecular weight is 355 g/mol. The minimum absolute atomic E-state index is 1.02. The molecule has 0 atom stereocenters. The van der Waals surface area contributed by atoms with Crippen LogP contribution in [0.5, 0.6) is 0 Å². The summed E-state index contributed by atoms with van der Waals surface area (Å²) >= 11 is 0. The highest BCUT2D eigenvalue weighted by Crippen LogP contribution is 1.98. The van der Waals surface area contributed by atoms with E-state index in [2.05, 4.69) is 26.3 Å². The number of benzene rings is 3. The van der Waals surface area contributed by atoms with E-state index in [-0.39, 0.29) is 0 Å². The van der Waals surface area contributed by atoms with Crippen molar-refractivity contribution >= 4 is 12.2 Å². The molecule has 0 aromatic heterocycles. The molecule has 3 rings (SSSR count). The summed E-state index contributed by atoms with van der Waals surface area (Å²) in [7, 11) is 0. The number of allylic oxidation sites excluding steroid dienone is 2. The van der Waals surface area contributed by atoms with E-state index in [1.165, 1.54) is 11.1 Å². The van der Waals surface area contributed by atoms with Crippen molar-refractivity contribution in [1.82, 2.24) is 0 Å².